The zero-order valence-electron chi connectivity index (χ0n) is 4.72. The van der Waals surface area contributed by atoms with E-state index in [0.717, 1.165) is 0 Å². The van der Waals surface area contributed by atoms with Crippen LogP contribution in [0.5, 0.6) is 0 Å². The van der Waals surface area contributed by atoms with Crippen LogP contribution in [-0.2, 0) is 0 Å². The van der Waals surface area contributed by atoms with Crippen LogP contribution in [-0.4, -0.2) is 20.8 Å². The lowest BCUT2D eigenvalue weighted by molar-refractivity contribution is -0.168. The summed E-state index contributed by atoms with van der Waals surface area (Å²) >= 11 is 19.9. The van der Waals surface area contributed by atoms with Crippen LogP contribution in [0.4, 0.5) is 13.2 Å². The van der Waals surface area contributed by atoms with Crippen molar-refractivity contribution in [2.45, 2.75) is 20.8 Å². The molecule has 0 nitrogen and oxygen atoms in total. The molecule has 0 aromatic rings. The van der Waals surface area contributed by atoms with Gasteiger partial charge in [0, 0.05) is 0 Å². The fourth-order valence-corrected chi connectivity index (χ4v) is 1.85. The van der Waals surface area contributed by atoms with Crippen molar-refractivity contribution in [2.24, 2.45) is 0 Å². The van der Waals surface area contributed by atoms with Gasteiger partial charge in [-0.15, -0.1) is 11.6 Å². The molecule has 1 saturated carbocycles. The van der Waals surface area contributed by atoms with Crippen molar-refractivity contribution >= 4 is 46.4 Å². The van der Waals surface area contributed by atoms with Crippen molar-refractivity contribution in [1.82, 2.24) is 0 Å². The summed E-state index contributed by atoms with van der Waals surface area (Å²) in [6, 6.07) is 0. The van der Waals surface area contributed by atoms with Crippen molar-refractivity contribution in [1.29, 1.82) is 0 Å². The lowest BCUT2D eigenvalue weighted by Crippen LogP contribution is -2.74. The second kappa shape index (κ2) is 2.25. The molecule has 2 unspecified atom stereocenters. The van der Waals surface area contributed by atoms with Crippen LogP contribution in [0, 0.1) is 0 Å². The van der Waals surface area contributed by atoms with Crippen molar-refractivity contribution in [3.8, 4) is 0 Å². The Balaban J connectivity index is 2.98. The first-order valence-electron chi connectivity index (χ1n) is 2.43. The molecule has 0 aliphatic heterocycles. The molecular weight excluding hydrogens is 247 g/mol. The van der Waals surface area contributed by atoms with E-state index in [4.69, 9.17) is 46.4 Å². The Morgan fingerprint density at radius 2 is 1.36 bits per heavy atom. The summed E-state index contributed by atoms with van der Waals surface area (Å²) in [5, 5.41) is -5.48. The Morgan fingerprint density at radius 3 is 1.45 bits per heavy atom. The molecule has 0 bridgehead atoms. The summed E-state index contributed by atoms with van der Waals surface area (Å²) in [4.78, 5) is 0. The van der Waals surface area contributed by atoms with Crippen molar-refractivity contribution in [3.63, 3.8) is 0 Å². The molecule has 0 saturated heterocycles. The predicted molar refractivity (Wildman–Crippen MR) is 38.7 cm³/mol. The number of alkyl halides is 7. The molecule has 0 aromatic heterocycles. The van der Waals surface area contributed by atoms with Gasteiger partial charge in [0.25, 0.3) is 5.13 Å². The van der Waals surface area contributed by atoms with Gasteiger partial charge in [0.2, 0.25) is 0 Å². The first kappa shape index (κ1) is 10.0. The van der Waals surface area contributed by atoms with Crippen molar-refractivity contribution < 1.29 is 13.2 Å². The van der Waals surface area contributed by atoms with Crippen LogP contribution >= 0.6 is 46.4 Å². The molecule has 66 valence electrons. The first-order chi connectivity index (χ1) is 4.65. The largest absolute Gasteiger partial charge is 0.317 e. The van der Waals surface area contributed by atoms with Gasteiger partial charge in [-0.2, -0.15) is 8.78 Å². The van der Waals surface area contributed by atoms with Gasteiger partial charge in [0.1, 0.15) is 5.38 Å². The monoisotopic (exact) mass is 246 g/mol. The van der Waals surface area contributed by atoms with Gasteiger partial charge in [0.05, 0.1) is 0 Å². The quantitative estimate of drug-likeness (QED) is 0.576. The molecule has 0 heterocycles. The minimum atomic E-state index is -3.89. The van der Waals surface area contributed by atoms with Crippen molar-refractivity contribution in [2.75, 3.05) is 0 Å². The number of hydrogen-bond donors (Lipinski definition) is 0. The molecule has 1 aliphatic rings. The molecule has 1 rings (SSSR count). The Kier molecular flexibility index (Phi) is 2.05. The third-order valence-electron chi connectivity index (χ3n) is 1.47. The zero-order valence-corrected chi connectivity index (χ0v) is 7.75. The first-order valence-corrected chi connectivity index (χ1v) is 4.00. The summed E-state index contributed by atoms with van der Waals surface area (Å²) < 4.78 is 35.0. The van der Waals surface area contributed by atoms with E-state index in [1.165, 1.54) is 0 Å². The Morgan fingerprint density at radius 1 is 1.00 bits per heavy atom. The number of hydrogen-bond acceptors (Lipinski definition) is 0. The maximum atomic E-state index is 12.7. The highest BCUT2D eigenvalue weighted by Crippen LogP contribution is 2.66. The van der Waals surface area contributed by atoms with Gasteiger partial charge in [-0.1, -0.05) is 34.8 Å². The average Bonchev–Trinajstić information content (AvgIpc) is 1.84. The average molecular weight is 248 g/mol. The fraction of sp³-hybridized carbons (Fsp3) is 1.00. The van der Waals surface area contributed by atoms with E-state index < -0.39 is 20.8 Å². The third kappa shape index (κ3) is 0.916. The topological polar surface area (TPSA) is 0 Å². The van der Waals surface area contributed by atoms with Gasteiger partial charge in [-0.25, -0.2) is 4.39 Å². The summed E-state index contributed by atoms with van der Waals surface area (Å²) in [7, 11) is 0. The maximum absolute atomic E-state index is 12.7. The highest BCUT2D eigenvalue weighted by Gasteiger charge is 2.84. The van der Waals surface area contributed by atoms with E-state index in [2.05, 4.69) is 0 Å². The number of rotatable bonds is 0. The molecule has 1 aliphatic carbocycles. The van der Waals surface area contributed by atoms with Gasteiger partial charge in [-0.3, -0.25) is 0 Å². The van der Waals surface area contributed by atoms with Crippen LogP contribution in [0.2, 0.25) is 0 Å². The molecule has 0 amide bonds. The van der Waals surface area contributed by atoms with E-state index in [-0.39, 0.29) is 0 Å². The van der Waals surface area contributed by atoms with Crippen LogP contribution in [0.1, 0.15) is 0 Å². The second-order valence-corrected chi connectivity index (χ2v) is 4.53. The predicted octanol–water partition coefficient (Wildman–Crippen LogP) is 3.32. The Labute approximate surface area is 80.5 Å². The standard InChI is InChI=1S/C4HCl4F3/c5-1-2(6,7)4(8,11)3(1,9)10/h1H. The van der Waals surface area contributed by atoms with Crippen LogP contribution in [0.25, 0.3) is 0 Å². The molecule has 7 heteroatoms. The summed E-state index contributed by atoms with van der Waals surface area (Å²) in [5.41, 5.74) is 0. The van der Waals surface area contributed by atoms with Crippen LogP contribution < -0.4 is 0 Å². The molecule has 0 radical (unpaired) electrons. The third-order valence-corrected chi connectivity index (χ3v) is 4.00. The Hall–Kier alpha value is 0.950. The SMILES string of the molecule is FC1(F)C(Cl)C(Cl)(Cl)C1(F)Cl. The van der Waals surface area contributed by atoms with E-state index >= 15 is 0 Å². The summed E-state index contributed by atoms with van der Waals surface area (Å²) in [6.45, 7) is 0. The lowest BCUT2D eigenvalue weighted by Gasteiger charge is -2.51. The molecule has 1 fully saturated rings. The molecule has 2 atom stereocenters. The summed E-state index contributed by atoms with van der Waals surface area (Å²) in [5.74, 6) is -3.89. The summed E-state index contributed by atoms with van der Waals surface area (Å²) in [6.07, 6.45) is 0. The molecule has 0 spiro atoms. The van der Waals surface area contributed by atoms with Gasteiger partial charge >= 0.3 is 5.92 Å². The highest BCUT2D eigenvalue weighted by molar-refractivity contribution is 6.59. The highest BCUT2D eigenvalue weighted by atomic mass is 35.5. The maximum Gasteiger partial charge on any atom is 0.317 e. The smallest absolute Gasteiger partial charge is 0.216 e. The molecule has 11 heavy (non-hydrogen) atoms. The van der Waals surface area contributed by atoms with Gasteiger partial charge in [-0.05, 0) is 0 Å². The zero-order chi connectivity index (χ0) is 9.08. The molecular formula is C4HCl4F3. The van der Waals surface area contributed by atoms with E-state index in [1.54, 1.807) is 0 Å². The van der Waals surface area contributed by atoms with E-state index in [1.807, 2.05) is 0 Å². The van der Waals surface area contributed by atoms with Gasteiger partial charge in [0.15, 0.2) is 4.33 Å². The number of halogens is 7. The lowest BCUT2D eigenvalue weighted by atomic mass is 9.89. The second-order valence-electron chi connectivity index (χ2n) is 2.18. The van der Waals surface area contributed by atoms with E-state index in [9.17, 15) is 13.2 Å². The molecule has 0 aromatic carbocycles. The normalized spacial score (nSPS) is 46.6. The molecule has 0 N–H and O–H groups in total. The van der Waals surface area contributed by atoms with Crippen molar-refractivity contribution in [3.05, 3.63) is 0 Å². The minimum absolute atomic E-state index is 2.00. The van der Waals surface area contributed by atoms with Crippen LogP contribution in [0.15, 0.2) is 0 Å². The fourth-order valence-electron chi connectivity index (χ4n) is 0.690. The Bertz CT molecular complexity index is 172. The van der Waals surface area contributed by atoms with Crippen LogP contribution in [0.3, 0.4) is 0 Å². The minimum Gasteiger partial charge on any atom is -0.216 e. The van der Waals surface area contributed by atoms with E-state index in [0.29, 0.717) is 0 Å². The van der Waals surface area contributed by atoms with Gasteiger partial charge < -0.3 is 0 Å².